The molecule has 1 amide bonds. The molecule has 5 rings (SSSR count). The van der Waals surface area contributed by atoms with E-state index in [1.807, 2.05) is 30.3 Å². The van der Waals surface area contributed by atoms with Gasteiger partial charge in [0.25, 0.3) is 12.4 Å². The molecule has 5 N–H and O–H groups in total. The van der Waals surface area contributed by atoms with E-state index in [0.29, 0.717) is 23.2 Å². The molecule has 1 saturated heterocycles. The Morgan fingerprint density at radius 2 is 1.77 bits per heavy atom. The van der Waals surface area contributed by atoms with Crippen LogP contribution in [0.4, 0.5) is 10.2 Å². The normalized spacial score (nSPS) is 15.4. The molecule has 1 aromatic heterocycles. The second kappa shape index (κ2) is 11.1. The van der Waals surface area contributed by atoms with Crippen molar-refractivity contribution in [3.63, 3.8) is 0 Å². The Balaban J connectivity index is 0.000000917. The van der Waals surface area contributed by atoms with E-state index in [0.717, 1.165) is 61.4 Å². The average molecular weight is 478 g/mol. The zero-order valence-electron chi connectivity index (χ0n) is 19.3. The minimum atomic E-state index is -0.581. The van der Waals surface area contributed by atoms with Gasteiger partial charge in [-0.1, -0.05) is 30.3 Å². The van der Waals surface area contributed by atoms with Gasteiger partial charge in [-0.05, 0) is 46.9 Å². The molecule has 0 spiro atoms. The summed E-state index contributed by atoms with van der Waals surface area (Å²) in [6.45, 7) is 5.17. The van der Waals surface area contributed by atoms with Crippen LogP contribution in [0.1, 0.15) is 21.5 Å². The minimum absolute atomic E-state index is 0.0648. The predicted octanol–water partition coefficient (Wildman–Crippen LogP) is 2.53. The topological polar surface area (TPSA) is 121 Å². The molecule has 8 nitrogen and oxygen atoms in total. The molecule has 0 unspecified atom stereocenters. The van der Waals surface area contributed by atoms with Crippen LogP contribution in [0.5, 0.6) is 0 Å². The van der Waals surface area contributed by atoms with Crippen LogP contribution in [0.25, 0.3) is 22.3 Å². The van der Waals surface area contributed by atoms with Gasteiger partial charge in [0.05, 0.1) is 0 Å². The minimum Gasteiger partial charge on any atom is -0.483 e. The van der Waals surface area contributed by atoms with Gasteiger partial charge in [-0.3, -0.25) is 14.5 Å². The number of hydrogen-bond acceptors (Lipinski definition) is 6. The fraction of sp³-hybridized carbons (Fsp3) is 0.269. The number of nitrogen functional groups attached to an aromatic ring is 1. The number of nitrogens with one attached hydrogen (secondary N) is 2. The van der Waals surface area contributed by atoms with Gasteiger partial charge in [0.1, 0.15) is 5.82 Å². The first-order valence-electron chi connectivity index (χ1n) is 11.5. The molecular formula is C26H28FN5O3. The quantitative estimate of drug-likeness (QED) is 0.337. The van der Waals surface area contributed by atoms with Crippen molar-refractivity contribution in [2.45, 2.75) is 13.0 Å². The number of nitrogens with two attached hydrogens (primary N) is 1. The summed E-state index contributed by atoms with van der Waals surface area (Å²) in [4.78, 5) is 26.8. The van der Waals surface area contributed by atoms with Crippen LogP contribution >= 0.6 is 0 Å². The summed E-state index contributed by atoms with van der Waals surface area (Å²) >= 11 is 0. The van der Waals surface area contributed by atoms with Crippen LogP contribution in [-0.4, -0.2) is 60.1 Å². The lowest BCUT2D eigenvalue weighted by Gasteiger charge is -2.27. The number of carbonyl (C=O) groups excluding carboxylic acids is 1. The van der Waals surface area contributed by atoms with E-state index >= 15 is 0 Å². The second-order valence-electron chi connectivity index (χ2n) is 8.47. The van der Waals surface area contributed by atoms with E-state index in [-0.39, 0.29) is 18.2 Å². The lowest BCUT2D eigenvalue weighted by molar-refractivity contribution is -0.122. The summed E-state index contributed by atoms with van der Waals surface area (Å²) in [5.74, 6) is -0.503. The zero-order valence-corrected chi connectivity index (χ0v) is 19.3. The first kappa shape index (κ1) is 24.3. The predicted molar refractivity (Wildman–Crippen MR) is 132 cm³/mol. The van der Waals surface area contributed by atoms with Crippen molar-refractivity contribution in [1.29, 1.82) is 0 Å². The van der Waals surface area contributed by atoms with Gasteiger partial charge >= 0.3 is 0 Å². The number of piperazine rings is 1. The monoisotopic (exact) mass is 477 g/mol. The zero-order chi connectivity index (χ0) is 24.8. The number of nitrogens with zero attached hydrogens (tertiary/aromatic N) is 2. The highest BCUT2D eigenvalue weighted by Gasteiger charge is 2.19. The number of benzene rings is 2. The third kappa shape index (κ3) is 5.64. The standard InChI is InChI=1S/C25H26FN5O.CH2O2/c26-23-21(17-3-1-2-16(12-17)15-31-10-8-28-9-11-31)14-22(24(27)30-23)18-4-5-20-19(13-18)6-7-29-25(20)32;2-1-3/h1-5,12-14,28H,6-11,15H2,(H2,27,30)(H,29,32);1H,(H,2,3). The van der Waals surface area contributed by atoms with Crippen molar-refractivity contribution in [2.75, 3.05) is 38.5 Å². The van der Waals surface area contributed by atoms with Gasteiger partial charge in [-0.25, -0.2) is 4.98 Å². The molecule has 1 fully saturated rings. The maximum absolute atomic E-state index is 14.9. The van der Waals surface area contributed by atoms with Crippen LogP contribution in [-0.2, 0) is 17.8 Å². The number of halogens is 1. The molecule has 35 heavy (non-hydrogen) atoms. The van der Waals surface area contributed by atoms with Crippen LogP contribution in [0.2, 0.25) is 0 Å². The van der Waals surface area contributed by atoms with E-state index in [1.54, 1.807) is 12.1 Å². The van der Waals surface area contributed by atoms with Gasteiger partial charge in [-0.15, -0.1) is 0 Å². The number of hydrogen-bond donors (Lipinski definition) is 4. The summed E-state index contributed by atoms with van der Waals surface area (Å²) < 4.78 is 14.9. The number of carboxylic acid groups (broad SMARTS) is 1. The van der Waals surface area contributed by atoms with E-state index in [2.05, 4.69) is 26.6 Å². The summed E-state index contributed by atoms with van der Waals surface area (Å²) in [5.41, 5.74) is 11.6. The molecule has 3 heterocycles. The molecule has 0 aliphatic carbocycles. The molecule has 0 bridgehead atoms. The van der Waals surface area contributed by atoms with Gasteiger partial charge in [-0.2, -0.15) is 4.39 Å². The highest BCUT2D eigenvalue weighted by molar-refractivity contribution is 5.97. The molecule has 3 aromatic rings. The van der Waals surface area contributed by atoms with E-state index < -0.39 is 5.95 Å². The summed E-state index contributed by atoms with van der Waals surface area (Å²) in [5, 5.41) is 13.1. The second-order valence-corrected chi connectivity index (χ2v) is 8.47. The lowest BCUT2D eigenvalue weighted by Crippen LogP contribution is -2.42. The molecule has 2 aliphatic heterocycles. The summed E-state index contributed by atoms with van der Waals surface area (Å²) in [7, 11) is 0. The lowest BCUT2D eigenvalue weighted by atomic mass is 9.94. The van der Waals surface area contributed by atoms with E-state index in [1.165, 1.54) is 0 Å². The fourth-order valence-corrected chi connectivity index (χ4v) is 4.50. The van der Waals surface area contributed by atoms with Crippen molar-refractivity contribution in [3.8, 4) is 22.3 Å². The smallest absolute Gasteiger partial charge is 0.290 e. The van der Waals surface area contributed by atoms with Crippen LogP contribution in [0.3, 0.4) is 0 Å². The number of anilines is 1. The number of pyridine rings is 1. The van der Waals surface area contributed by atoms with Gasteiger partial charge in [0.15, 0.2) is 0 Å². The molecule has 2 aliphatic rings. The number of carbonyl (C=O) groups is 2. The fourth-order valence-electron chi connectivity index (χ4n) is 4.50. The number of amides is 1. The van der Waals surface area contributed by atoms with Crippen molar-refractivity contribution in [2.24, 2.45) is 0 Å². The largest absolute Gasteiger partial charge is 0.483 e. The molecule has 0 atom stereocenters. The van der Waals surface area contributed by atoms with Crippen molar-refractivity contribution in [3.05, 3.63) is 71.2 Å². The number of aromatic nitrogens is 1. The molecule has 182 valence electrons. The summed E-state index contributed by atoms with van der Waals surface area (Å²) in [6, 6.07) is 15.3. The van der Waals surface area contributed by atoms with E-state index in [9.17, 15) is 9.18 Å². The van der Waals surface area contributed by atoms with Gasteiger partial charge in [0.2, 0.25) is 5.95 Å². The van der Waals surface area contributed by atoms with Gasteiger partial charge < -0.3 is 21.5 Å². The highest BCUT2D eigenvalue weighted by atomic mass is 19.1. The maximum atomic E-state index is 14.9. The Morgan fingerprint density at radius 3 is 2.54 bits per heavy atom. The third-order valence-electron chi connectivity index (χ3n) is 6.20. The molecule has 2 aromatic carbocycles. The Kier molecular flexibility index (Phi) is 7.69. The van der Waals surface area contributed by atoms with Crippen LogP contribution < -0.4 is 16.4 Å². The van der Waals surface area contributed by atoms with Crippen molar-refractivity contribution >= 4 is 18.2 Å². The Hall–Kier alpha value is -3.82. The van der Waals surface area contributed by atoms with Crippen LogP contribution in [0.15, 0.2) is 48.5 Å². The molecule has 9 heteroatoms. The van der Waals surface area contributed by atoms with Crippen LogP contribution in [0, 0.1) is 5.95 Å². The van der Waals surface area contributed by atoms with Crippen molar-refractivity contribution in [1.82, 2.24) is 20.5 Å². The Bertz CT molecular complexity index is 1230. The molecular weight excluding hydrogens is 449 g/mol. The number of rotatable bonds is 4. The highest BCUT2D eigenvalue weighted by Crippen LogP contribution is 2.33. The van der Waals surface area contributed by atoms with Crippen molar-refractivity contribution < 1.29 is 19.1 Å². The SMILES string of the molecule is Nc1nc(F)c(-c2cccc(CN3CCNCC3)c2)cc1-c1ccc2c(c1)CCNC2=O.O=CO. The number of fused-ring (bicyclic) bond motifs is 1. The van der Waals surface area contributed by atoms with E-state index in [4.69, 9.17) is 15.6 Å². The van der Waals surface area contributed by atoms with Gasteiger partial charge in [0, 0.05) is 56.0 Å². The third-order valence-corrected chi connectivity index (χ3v) is 6.20. The average Bonchev–Trinajstić information content (AvgIpc) is 2.85. The summed E-state index contributed by atoms with van der Waals surface area (Å²) in [6.07, 6.45) is 0.754. The molecule has 0 radical (unpaired) electrons. The first-order valence-corrected chi connectivity index (χ1v) is 11.5. The maximum Gasteiger partial charge on any atom is 0.290 e. The Labute approximate surface area is 203 Å². The molecule has 0 saturated carbocycles. The first-order chi connectivity index (χ1) is 17.0. The Morgan fingerprint density at radius 1 is 1.03 bits per heavy atom.